The van der Waals surface area contributed by atoms with Crippen molar-refractivity contribution in [2.24, 2.45) is 0 Å². The van der Waals surface area contributed by atoms with Gasteiger partial charge >= 0.3 is 0 Å². The zero-order valence-electron chi connectivity index (χ0n) is 9.45. The standard InChI is InChI=1S/C12H13BrClN3/c1-9-11(14)8-17(16-9)7-6-15-12-5-3-2-4-10(12)13/h2-5,8,15H,6-7H2,1H3. The van der Waals surface area contributed by atoms with Gasteiger partial charge < -0.3 is 5.32 Å². The van der Waals surface area contributed by atoms with Gasteiger partial charge in [-0.25, -0.2) is 0 Å². The Balaban J connectivity index is 1.90. The van der Waals surface area contributed by atoms with Crippen LogP contribution in [-0.4, -0.2) is 16.3 Å². The summed E-state index contributed by atoms with van der Waals surface area (Å²) in [6.07, 6.45) is 1.85. The lowest BCUT2D eigenvalue weighted by Gasteiger charge is -2.08. The van der Waals surface area contributed by atoms with Crippen LogP contribution in [-0.2, 0) is 6.54 Å². The van der Waals surface area contributed by atoms with Crippen molar-refractivity contribution in [2.75, 3.05) is 11.9 Å². The van der Waals surface area contributed by atoms with Crippen LogP contribution in [0.3, 0.4) is 0 Å². The number of halogens is 2. The lowest BCUT2D eigenvalue weighted by atomic mass is 10.3. The zero-order chi connectivity index (χ0) is 12.3. The smallest absolute Gasteiger partial charge is 0.0814 e. The Morgan fingerprint density at radius 2 is 2.18 bits per heavy atom. The number of hydrogen-bond donors (Lipinski definition) is 1. The molecule has 2 aromatic rings. The number of rotatable bonds is 4. The maximum Gasteiger partial charge on any atom is 0.0814 e. The minimum absolute atomic E-state index is 0.714. The van der Waals surface area contributed by atoms with Crippen LogP contribution in [0.4, 0.5) is 5.69 Å². The fraction of sp³-hybridized carbons (Fsp3) is 0.250. The molecule has 0 amide bonds. The molecular weight excluding hydrogens is 302 g/mol. The van der Waals surface area contributed by atoms with E-state index in [-0.39, 0.29) is 0 Å². The molecule has 1 heterocycles. The SMILES string of the molecule is Cc1nn(CCNc2ccccc2Br)cc1Cl. The molecule has 1 aromatic heterocycles. The first-order valence-electron chi connectivity index (χ1n) is 5.35. The van der Waals surface area contributed by atoms with Gasteiger partial charge in [0.2, 0.25) is 0 Å². The second kappa shape index (κ2) is 5.56. The molecule has 2 rings (SSSR count). The Labute approximate surface area is 114 Å². The summed E-state index contributed by atoms with van der Waals surface area (Å²) in [6.45, 7) is 3.50. The monoisotopic (exact) mass is 313 g/mol. The molecule has 0 aliphatic heterocycles. The summed E-state index contributed by atoms with van der Waals surface area (Å²) in [5.41, 5.74) is 1.95. The van der Waals surface area contributed by atoms with Crippen molar-refractivity contribution in [1.82, 2.24) is 9.78 Å². The van der Waals surface area contributed by atoms with Crippen molar-refractivity contribution in [3.05, 3.63) is 45.7 Å². The van der Waals surface area contributed by atoms with E-state index in [9.17, 15) is 0 Å². The number of nitrogens with zero attached hydrogens (tertiary/aromatic N) is 2. The maximum absolute atomic E-state index is 5.94. The molecule has 0 fully saturated rings. The third-order valence-electron chi connectivity index (χ3n) is 2.42. The highest BCUT2D eigenvalue weighted by atomic mass is 79.9. The first kappa shape index (κ1) is 12.5. The predicted octanol–water partition coefficient (Wildman–Crippen LogP) is 3.72. The van der Waals surface area contributed by atoms with E-state index in [0.29, 0.717) is 5.02 Å². The van der Waals surface area contributed by atoms with Gasteiger partial charge in [0.05, 0.1) is 17.3 Å². The average Bonchev–Trinajstić information content (AvgIpc) is 2.61. The molecule has 1 aromatic carbocycles. The molecule has 90 valence electrons. The summed E-state index contributed by atoms with van der Waals surface area (Å²) in [5.74, 6) is 0. The quantitative estimate of drug-likeness (QED) is 0.932. The fourth-order valence-corrected chi connectivity index (χ4v) is 2.09. The van der Waals surface area contributed by atoms with Crippen LogP contribution in [0.2, 0.25) is 5.02 Å². The molecule has 1 N–H and O–H groups in total. The molecule has 3 nitrogen and oxygen atoms in total. The average molecular weight is 315 g/mol. The molecule has 0 saturated carbocycles. The van der Waals surface area contributed by atoms with E-state index >= 15 is 0 Å². The zero-order valence-corrected chi connectivity index (χ0v) is 11.8. The molecule has 0 saturated heterocycles. The molecule has 0 aliphatic rings. The number of aryl methyl sites for hydroxylation is 1. The van der Waals surface area contributed by atoms with Crippen molar-refractivity contribution < 1.29 is 0 Å². The van der Waals surface area contributed by atoms with Crippen LogP contribution >= 0.6 is 27.5 Å². The summed E-state index contributed by atoms with van der Waals surface area (Å²) >= 11 is 9.43. The van der Waals surface area contributed by atoms with Crippen molar-refractivity contribution in [2.45, 2.75) is 13.5 Å². The number of aromatic nitrogens is 2. The third-order valence-corrected chi connectivity index (χ3v) is 3.48. The van der Waals surface area contributed by atoms with Gasteiger partial charge in [0.1, 0.15) is 0 Å². The van der Waals surface area contributed by atoms with E-state index in [1.165, 1.54) is 0 Å². The molecule has 0 radical (unpaired) electrons. The van der Waals surface area contributed by atoms with E-state index in [1.807, 2.05) is 42.1 Å². The summed E-state index contributed by atoms with van der Waals surface area (Å²) in [7, 11) is 0. The number of para-hydroxylation sites is 1. The van der Waals surface area contributed by atoms with Crippen LogP contribution in [0.25, 0.3) is 0 Å². The number of anilines is 1. The Morgan fingerprint density at radius 1 is 1.41 bits per heavy atom. The minimum Gasteiger partial charge on any atom is -0.382 e. The van der Waals surface area contributed by atoms with E-state index in [4.69, 9.17) is 11.6 Å². The van der Waals surface area contributed by atoms with Crippen LogP contribution in [0, 0.1) is 6.92 Å². The Kier molecular flexibility index (Phi) is 4.07. The largest absolute Gasteiger partial charge is 0.382 e. The fourth-order valence-electron chi connectivity index (χ4n) is 1.52. The van der Waals surface area contributed by atoms with E-state index in [0.717, 1.165) is 28.9 Å². The molecule has 5 heteroatoms. The summed E-state index contributed by atoms with van der Waals surface area (Å²) in [4.78, 5) is 0. The summed E-state index contributed by atoms with van der Waals surface area (Å²) in [6, 6.07) is 8.04. The van der Waals surface area contributed by atoms with Crippen molar-refractivity contribution in [3.8, 4) is 0 Å². The normalized spacial score (nSPS) is 10.5. The van der Waals surface area contributed by atoms with E-state index < -0.39 is 0 Å². The molecule has 0 aliphatic carbocycles. The van der Waals surface area contributed by atoms with Crippen LogP contribution < -0.4 is 5.32 Å². The van der Waals surface area contributed by atoms with Crippen molar-refractivity contribution in [1.29, 1.82) is 0 Å². The van der Waals surface area contributed by atoms with Gasteiger partial charge in [-0.15, -0.1) is 0 Å². The van der Waals surface area contributed by atoms with Gasteiger partial charge in [-0.3, -0.25) is 4.68 Å². The highest BCUT2D eigenvalue weighted by molar-refractivity contribution is 9.10. The molecule has 0 unspecified atom stereocenters. The number of benzene rings is 1. The van der Waals surface area contributed by atoms with Crippen molar-refractivity contribution >= 4 is 33.2 Å². The first-order chi connectivity index (χ1) is 8.16. The minimum atomic E-state index is 0.714. The van der Waals surface area contributed by atoms with Gasteiger partial charge in [0.15, 0.2) is 0 Å². The predicted molar refractivity (Wildman–Crippen MR) is 74.6 cm³/mol. The van der Waals surface area contributed by atoms with Crippen molar-refractivity contribution in [3.63, 3.8) is 0 Å². The maximum atomic E-state index is 5.94. The van der Waals surface area contributed by atoms with Crippen LogP contribution in [0.1, 0.15) is 5.69 Å². The highest BCUT2D eigenvalue weighted by Gasteiger charge is 2.01. The third kappa shape index (κ3) is 3.23. The number of nitrogens with one attached hydrogen (secondary N) is 1. The second-order valence-electron chi connectivity index (χ2n) is 3.73. The first-order valence-corrected chi connectivity index (χ1v) is 6.52. The van der Waals surface area contributed by atoms with Gasteiger partial charge in [-0.2, -0.15) is 5.10 Å². The lowest BCUT2D eigenvalue weighted by molar-refractivity contribution is 0.632. The Hall–Kier alpha value is -1.000. The summed E-state index contributed by atoms with van der Waals surface area (Å²) in [5, 5.41) is 8.35. The van der Waals surface area contributed by atoms with Gasteiger partial charge in [-0.1, -0.05) is 23.7 Å². The van der Waals surface area contributed by atoms with Gasteiger partial charge in [0.25, 0.3) is 0 Å². The molecular formula is C12H13BrClN3. The van der Waals surface area contributed by atoms with Gasteiger partial charge in [0, 0.05) is 22.9 Å². The molecule has 0 bridgehead atoms. The molecule has 17 heavy (non-hydrogen) atoms. The molecule has 0 spiro atoms. The summed E-state index contributed by atoms with van der Waals surface area (Å²) < 4.78 is 2.91. The Bertz CT molecular complexity index is 491. The van der Waals surface area contributed by atoms with Crippen LogP contribution in [0.15, 0.2) is 34.9 Å². The topological polar surface area (TPSA) is 29.9 Å². The molecule has 0 atom stereocenters. The van der Waals surface area contributed by atoms with Gasteiger partial charge in [-0.05, 0) is 35.0 Å². The second-order valence-corrected chi connectivity index (χ2v) is 4.99. The highest BCUT2D eigenvalue weighted by Crippen LogP contribution is 2.20. The Morgan fingerprint density at radius 3 is 2.82 bits per heavy atom. The van der Waals surface area contributed by atoms with Crippen LogP contribution in [0.5, 0.6) is 0 Å². The number of hydrogen-bond acceptors (Lipinski definition) is 2. The van der Waals surface area contributed by atoms with E-state index in [2.05, 4.69) is 26.3 Å². The van der Waals surface area contributed by atoms with E-state index in [1.54, 1.807) is 0 Å². The lowest BCUT2D eigenvalue weighted by Crippen LogP contribution is -2.11.